The molecule has 2 N–H and O–H groups in total. The lowest BCUT2D eigenvalue weighted by atomic mass is 9.54. The van der Waals surface area contributed by atoms with Crippen LogP contribution < -0.4 is 5.32 Å². The first-order chi connectivity index (χ1) is 12.9. The molecule has 0 aromatic rings. The summed E-state index contributed by atoms with van der Waals surface area (Å²) in [6.07, 6.45) is 7.90. The lowest BCUT2D eigenvalue weighted by molar-refractivity contribution is -0.131. The molecule has 152 valence electrons. The smallest absolute Gasteiger partial charge is 0.407 e. The molecule has 2 saturated carbocycles. The predicted octanol–water partition coefficient (Wildman–Crippen LogP) is 2.93. The van der Waals surface area contributed by atoms with Crippen LogP contribution in [0.5, 0.6) is 0 Å². The van der Waals surface area contributed by atoms with Gasteiger partial charge >= 0.3 is 6.09 Å². The first kappa shape index (κ1) is 19.0. The highest BCUT2D eigenvalue weighted by Gasteiger charge is 2.58. The van der Waals surface area contributed by atoms with Crippen LogP contribution in [0.3, 0.4) is 0 Å². The van der Waals surface area contributed by atoms with Gasteiger partial charge in [0.2, 0.25) is 5.91 Å². The lowest BCUT2D eigenvalue weighted by Gasteiger charge is -2.58. The van der Waals surface area contributed by atoms with Crippen molar-refractivity contribution >= 4 is 12.0 Å². The molecular formula is C21H35N3O3. The van der Waals surface area contributed by atoms with Gasteiger partial charge in [-0.2, -0.15) is 0 Å². The number of nitrogens with zero attached hydrogens (tertiary/aromatic N) is 2. The molecule has 0 aromatic heterocycles. The third kappa shape index (κ3) is 3.34. The van der Waals surface area contributed by atoms with Crippen molar-refractivity contribution in [3.63, 3.8) is 0 Å². The predicted molar refractivity (Wildman–Crippen MR) is 104 cm³/mol. The van der Waals surface area contributed by atoms with Gasteiger partial charge in [0.05, 0.1) is 0 Å². The van der Waals surface area contributed by atoms with Crippen LogP contribution >= 0.6 is 0 Å². The Morgan fingerprint density at radius 3 is 2.37 bits per heavy atom. The van der Waals surface area contributed by atoms with E-state index in [-0.39, 0.29) is 22.8 Å². The van der Waals surface area contributed by atoms with Crippen LogP contribution in [-0.2, 0) is 4.79 Å². The molecule has 4 aliphatic rings. The molecule has 27 heavy (non-hydrogen) atoms. The highest BCUT2D eigenvalue weighted by molar-refractivity contribution is 5.79. The van der Waals surface area contributed by atoms with Crippen molar-refractivity contribution < 1.29 is 14.7 Å². The molecule has 2 heterocycles. The fraction of sp³-hybridized carbons (Fsp3) is 0.905. The number of carboxylic acid groups (broad SMARTS) is 1. The number of hydrogen-bond acceptors (Lipinski definition) is 3. The van der Waals surface area contributed by atoms with Crippen molar-refractivity contribution in [1.82, 2.24) is 15.1 Å². The number of amides is 2. The summed E-state index contributed by atoms with van der Waals surface area (Å²) in [6, 6.07) is 0.580. The Balaban J connectivity index is 1.29. The van der Waals surface area contributed by atoms with E-state index in [0.717, 1.165) is 64.6 Å². The van der Waals surface area contributed by atoms with E-state index in [9.17, 15) is 14.7 Å². The summed E-state index contributed by atoms with van der Waals surface area (Å²) in [5, 5.41) is 12.6. The zero-order valence-electron chi connectivity index (χ0n) is 16.9. The summed E-state index contributed by atoms with van der Waals surface area (Å²) >= 11 is 0. The highest BCUT2D eigenvalue weighted by atomic mass is 16.4. The van der Waals surface area contributed by atoms with Crippen molar-refractivity contribution in [2.45, 2.75) is 76.8 Å². The molecule has 6 nitrogen and oxygen atoms in total. The number of nitrogens with one attached hydrogen (secondary N) is 1. The second-order valence-corrected chi connectivity index (χ2v) is 9.82. The van der Waals surface area contributed by atoms with Crippen LogP contribution in [0.1, 0.15) is 65.2 Å². The van der Waals surface area contributed by atoms with E-state index >= 15 is 0 Å². The van der Waals surface area contributed by atoms with Crippen molar-refractivity contribution in [3.8, 4) is 0 Å². The molecule has 2 saturated heterocycles. The third-order valence-electron chi connectivity index (χ3n) is 8.21. The Morgan fingerprint density at radius 1 is 1.15 bits per heavy atom. The van der Waals surface area contributed by atoms with E-state index in [0.29, 0.717) is 18.5 Å². The lowest BCUT2D eigenvalue weighted by Crippen LogP contribution is -2.62. The summed E-state index contributed by atoms with van der Waals surface area (Å²) in [5.74, 6) is 1.03. The van der Waals surface area contributed by atoms with Crippen LogP contribution in [0.2, 0.25) is 0 Å². The van der Waals surface area contributed by atoms with Crippen molar-refractivity contribution in [3.05, 3.63) is 0 Å². The molecule has 2 amide bonds. The fourth-order valence-electron chi connectivity index (χ4n) is 6.30. The topological polar surface area (TPSA) is 72.9 Å². The first-order valence-corrected chi connectivity index (χ1v) is 10.9. The molecule has 4 fully saturated rings. The highest BCUT2D eigenvalue weighted by Crippen LogP contribution is 2.56. The van der Waals surface area contributed by atoms with Gasteiger partial charge in [-0.05, 0) is 76.3 Å². The number of hydrogen-bond donors (Lipinski definition) is 2. The van der Waals surface area contributed by atoms with Crippen molar-refractivity contribution in [2.24, 2.45) is 17.3 Å². The van der Waals surface area contributed by atoms with Crippen molar-refractivity contribution in [1.29, 1.82) is 0 Å². The molecule has 0 radical (unpaired) electrons. The largest absolute Gasteiger partial charge is 0.465 e. The Morgan fingerprint density at radius 2 is 1.85 bits per heavy atom. The molecular weight excluding hydrogens is 342 g/mol. The zero-order chi connectivity index (χ0) is 19.2. The summed E-state index contributed by atoms with van der Waals surface area (Å²) < 4.78 is 0. The van der Waals surface area contributed by atoms with Gasteiger partial charge < -0.3 is 20.2 Å². The van der Waals surface area contributed by atoms with Gasteiger partial charge in [0.15, 0.2) is 0 Å². The average Bonchev–Trinajstić information content (AvgIpc) is 3.06. The minimum Gasteiger partial charge on any atom is -0.465 e. The maximum absolute atomic E-state index is 12.6. The Bertz CT molecular complexity index is 597. The number of rotatable bonds is 4. The van der Waals surface area contributed by atoms with Gasteiger partial charge in [0.25, 0.3) is 0 Å². The van der Waals surface area contributed by atoms with E-state index in [4.69, 9.17) is 0 Å². The molecule has 2 aliphatic heterocycles. The second-order valence-electron chi connectivity index (χ2n) is 9.82. The van der Waals surface area contributed by atoms with E-state index in [2.05, 4.69) is 24.1 Å². The molecule has 1 unspecified atom stereocenters. The minimum absolute atomic E-state index is 0.0559. The van der Waals surface area contributed by atoms with Crippen LogP contribution in [0.25, 0.3) is 0 Å². The summed E-state index contributed by atoms with van der Waals surface area (Å²) in [5.41, 5.74) is 0.269. The Hall–Kier alpha value is -1.30. The van der Waals surface area contributed by atoms with Gasteiger partial charge in [-0.15, -0.1) is 0 Å². The summed E-state index contributed by atoms with van der Waals surface area (Å²) in [7, 11) is 0. The maximum Gasteiger partial charge on any atom is 0.407 e. The molecule has 1 spiro atoms. The normalized spacial score (nSPS) is 36.3. The quantitative estimate of drug-likeness (QED) is 0.790. The van der Waals surface area contributed by atoms with Crippen LogP contribution in [-0.4, -0.2) is 64.7 Å². The molecule has 0 bridgehead atoms. The molecule has 6 heteroatoms. The Kier molecular flexibility index (Phi) is 4.90. The van der Waals surface area contributed by atoms with Gasteiger partial charge in [-0.3, -0.25) is 4.79 Å². The molecule has 0 aromatic carbocycles. The molecule has 3 atom stereocenters. The van der Waals surface area contributed by atoms with E-state index in [1.54, 1.807) is 4.90 Å². The fourth-order valence-corrected chi connectivity index (χ4v) is 6.30. The SMILES string of the molecule is CCC1[C@H](N2CCC(C(=O)NC3(C)CCC3)CC2)C[C@@]12CCN(C(=O)O)C2. The van der Waals surface area contributed by atoms with Crippen LogP contribution in [0.15, 0.2) is 0 Å². The van der Waals surface area contributed by atoms with Gasteiger partial charge in [0, 0.05) is 30.6 Å². The Labute approximate surface area is 162 Å². The zero-order valence-corrected chi connectivity index (χ0v) is 16.9. The second kappa shape index (κ2) is 6.94. The molecule has 2 aliphatic carbocycles. The van der Waals surface area contributed by atoms with Gasteiger partial charge in [-0.1, -0.05) is 13.3 Å². The third-order valence-corrected chi connectivity index (χ3v) is 8.21. The van der Waals surface area contributed by atoms with Gasteiger partial charge in [0.1, 0.15) is 0 Å². The van der Waals surface area contributed by atoms with E-state index in [1.807, 2.05) is 0 Å². The van der Waals surface area contributed by atoms with Crippen LogP contribution in [0, 0.1) is 17.3 Å². The number of likely N-dealkylation sites (tertiary alicyclic amines) is 2. The maximum atomic E-state index is 12.6. The van der Waals surface area contributed by atoms with Crippen molar-refractivity contribution in [2.75, 3.05) is 26.2 Å². The monoisotopic (exact) mass is 377 g/mol. The minimum atomic E-state index is -0.767. The van der Waals surface area contributed by atoms with Crippen LogP contribution in [0.4, 0.5) is 4.79 Å². The standard InChI is InChI=1S/C21H35N3O3/c1-3-16-17(13-21(16)9-12-24(14-21)19(26)27)23-10-5-15(6-11-23)18(25)22-20(2)7-4-8-20/h15-17H,3-14H2,1-2H3,(H,22,25)(H,26,27)/t16?,17-,21-/m1/s1. The van der Waals surface area contributed by atoms with E-state index < -0.39 is 6.09 Å². The van der Waals surface area contributed by atoms with Gasteiger partial charge in [-0.25, -0.2) is 4.79 Å². The first-order valence-electron chi connectivity index (χ1n) is 10.9. The number of carbonyl (C=O) groups is 2. The summed E-state index contributed by atoms with van der Waals surface area (Å²) in [6.45, 7) is 7.85. The average molecular weight is 378 g/mol. The van der Waals surface area contributed by atoms with E-state index in [1.165, 1.54) is 6.42 Å². The molecule has 4 rings (SSSR count). The number of piperidine rings is 1. The number of carbonyl (C=O) groups excluding carboxylic acids is 1. The summed E-state index contributed by atoms with van der Waals surface area (Å²) in [4.78, 5) is 28.1.